The maximum atomic E-state index is 12.5. The summed E-state index contributed by atoms with van der Waals surface area (Å²) in [5.41, 5.74) is -0.373. The fourth-order valence-corrected chi connectivity index (χ4v) is 3.65. The van der Waals surface area contributed by atoms with Gasteiger partial charge in [0.15, 0.2) is 5.75 Å². The molecule has 148 valence electrons. The Morgan fingerprint density at radius 3 is 2.41 bits per heavy atom. The number of carbonyl (C=O) groups excluding carboxylic acids is 2. The molecule has 0 aliphatic heterocycles. The quantitative estimate of drug-likeness (QED) is 0.266. The van der Waals surface area contributed by atoms with E-state index in [1.54, 1.807) is 0 Å². The third kappa shape index (κ3) is 5.74. The fraction of sp³-hybridized carbons (Fsp3) is 0.500. The minimum atomic E-state index is -1.84. The van der Waals surface area contributed by atoms with E-state index in [2.05, 4.69) is 6.92 Å². The molecule has 1 atom stereocenters. The van der Waals surface area contributed by atoms with Gasteiger partial charge in [0.1, 0.15) is 5.56 Å². The highest BCUT2D eigenvalue weighted by atomic mass is 35.5. The zero-order valence-corrected chi connectivity index (χ0v) is 16.9. The Bertz CT molecular complexity index is 745. The molecule has 0 radical (unpaired) electrons. The number of hydrogen-bond acceptors (Lipinski definition) is 5. The average molecular weight is 438 g/mol. The van der Waals surface area contributed by atoms with E-state index in [1.165, 1.54) is 12.8 Å². The third-order valence-electron chi connectivity index (χ3n) is 4.37. The second kappa shape index (κ2) is 9.62. The van der Waals surface area contributed by atoms with Crippen LogP contribution in [0.25, 0.3) is 0 Å². The molecule has 1 aromatic rings. The molecule has 1 N–H and O–H groups in total. The number of rotatable bonds is 8. The summed E-state index contributed by atoms with van der Waals surface area (Å²) in [6.07, 6.45) is 5.22. The molecule has 0 amide bonds. The second-order valence-electron chi connectivity index (χ2n) is 6.36. The minimum Gasteiger partial charge on any atom is -0.473 e. The van der Waals surface area contributed by atoms with Gasteiger partial charge in [-0.3, -0.25) is 0 Å². The molecule has 9 heteroatoms. The number of esters is 2. The van der Waals surface area contributed by atoms with Crippen molar-refractivity contribution in [2.45, 2.75) is 39.0 Å². The first-order valence-electron chi connectivity index (χ1n) is 8.55. The Morgan fingerprint density at radius 1 is 1.19 bits per heavy atom. The maximum absolute atomic E-state index is 12.5. The summed E-state index contributed by atoms with van der Waals surface area (Å²) in [4.78, 5) is 34.6. The van der Waals surface area contributed by atoms with Gasteiger partial charge in [-0.1, -0.05) is 54.6 Å². The maximum Gasteiger partial charge on any atom is 0.422 e. The molecule has 1 saturated carbocycles. The van der Waals surface area contributed by atoms with E-state index in [1.807, 2.05) is 0 Å². The van der Waals surface area contributed by atoms with Gasteiger partial charge in [0.2, 0.25) is 0 Å². The molecule has 0 heterocycles. The summed E-state index contributed by atoms with van der Waals surface area (Å²) >= 11 is 17.9. The van der Waals surface area contributed by atoms with Gasteiger partial charge in [-0.25, -0.2) is 14.4 Å². The van der Waals surface area contributed by atoms with Crippen molar-refractivity contribution >= 4 is 52.7 Å². The minimum absolute atomic E-state index is 0.0504. The molecule has 2 rings (SSSR count). The van der Waals surface area contributed by atoms with Crippen molar-refractivity contribution in [2.75, 3.05) is 6.61 Å². The van der Waals surface area contributed by atoms with Crippen LogP contribution in [-0.2, 0) is 14.3 Å². The van der Waals surface area contributed by atoms with Gasteiger partial charge < -0.3 is 14.6 Å². The zero-order valence-electron chi connectivity index (χ0n) is 14.6. The Morgan fingerprint density at radius 2 is 1.85 bits per heavy atom. The predicted octanol–water partition coefficient (Wildman–Crippen LogP) is 5.01. The van der Waals surface area contributed by atoms with Crippen LogP contribution < -0.4 is 4.74 Å². The number of carbonyl (C=O) groups is 3. The van der Waals surface area contributed by atoms with Gasteiger partial charge in [0.25, 0.3) is 0 Å². The lowest BCUT2D eigenvalue weighted by Gasteiger charge is -2.16. The van der Waals surface area contributed by atoms with Crippen LogP contribution in [0.3, 0.4) is 0 Å². The van der Waals surface area contributed by atoms with Crippen LogP contribution in [0.15, 0.2) is 6.07 Å². The van der Waals surface area contributed by atoms with Crippen LogP contribution in [0.5, 0.6) is 5.75 Å². The van der Waals surface area contributed by atoms with Gasteiger partial charge in [-0.15, -0.1) is 0 Å². The third-order valence-corrected chi connectivity index (χ3v) is 5.44. The van der Waals surface area contributed by atoms with E-state index in [9.17, 15) is 14.4 Å². The van der Waals surface area contributed by atoms with Crippen LogP contribution in [0.1, 0.15) is 49.4 Å². The number of benzene rings is 1. The first-order valence-corrected chi connectivity index (χ1v) is 9.69. The Hall–Kier alpha value is -1.50. The smallest absolute Gasteiger partial charge is 0.422 e. The Labute approximate surface area is 171 Å². The molecule has 0 bridgehead atoms. The molecular formula is C18H19Cl3O6. The highest BCUT2D eigenvalue weighted by Gasteiger charge is 2.31. The first-order chi connectivity index (χ1) is 12.8. The van der Waals surface area contributed by atoms with Crippen molar-refractivity contribution in [3.63, 3.8) is 0 Å². The van der Waals surface area contributed by atoms with Crippen molar-refractivity contribution in [1.82, 2.24) is 0 Å². The lowest BCUT2D eigenvalue weighted by atomic mass is 9.95. The molecule has 1 aliphatic carbocycles. The fourth-order valence-electron chi connectivity index (χ4n) is 2.93. The lowest BCUT2D eigenvalue weighted by molar-refractivity contribution is -0.158. The molecule has 6 nitrogen and oxygen atoms in total. The molecule has 1 aliphatic rings. The first kappa shape index (κ1) is 21.8. The number of carboxylic acids is 1. The lowest BCUT2D eigenvalue weighted by Crippen LogP contribution is -2.21. The second-order valence-corrected chi connectivity index (χ2v) is 7.56. The average Bonchev–Trinajstić information content (AvgIpc) is 3.43. The van der Waals surface area contributed by atoms with E-state index < -0.39 is 23.7 Å². The van der Waals surface area contributed by atoms with Crippen molar-refractivity contribution in [1.29, 1.82) is 0 Å². The van der Waals surface area contributed by atoms with Gasteiger partial charge in [-0.05, 0) is 37.2 Å². The Balaban J connectivity index is 2.15. The molecule has 0 spiro atoms. The van der Waals surface area contributed by atoms with Gasteiger partial charge >= 0.3 is 17.9 Å². The van der Waals surface area contributed by atoms with Crippen LogP contribution in [0.2, 0.25) is 15.1 Å². The number of ether oxygens (including phenoxy) is 2. The number of carboxylic acid groups (broad SMARTS) is 1. The summed E-state index contributed by atoms with van der Waals surface area (Å²) < 4.78 is 9.97. The molecular weight excluding hydrogens is 419 g/mol. The van der Waals surface area contributed by atoms with E-state index in [4.69, 9.17) is 49.4 Å². The number of halogens is 3. The van der Waals surface area contributed by atoms with Gasteiger partial charge in [0.05, 0.1) is 21.7 Å². The largest absolute Gasteiger partial charge is 0.473 e. The zero-order chi connectivity index (χ0) is 20.1. The van der Waals surface area contributed by atoms with Crippen molar-refractivity contribution in [3.8, 4) is 5.75 Å². The van der Waals surface area contributed by atoms with E-state index in [0.717, 1.165) is 18.9 Å². The topological polar surface area (TPSA) is 89.9 Å². The predicted molar refractivity (Wildman–Crippen MR) is 101 cm³/mol. The van der Waals surface area contributed by atoms with Crippen LogP contribution in [0, 0.1) is 11.8 Å². The summed E-state index contributed by atoms with van der Waals surface area (Å²) in [7, 11) is 0. The normalized spacial score (nSPS) is 14.5. The highest BCUT2D eigenvalue weighted by Crippen LogP contribution is 2.42. The van der Waals surface area contributed by atoms with E-state index >= 15 is 0 Å². The number of hydrogen-bond donors (Lipinski definition) is 1. The van der Waals surface area contributed by atoms with Crippen LogP contribution in [0.4, 0.5) is 0 Å². The summed E-state index contributed by atoms with van der Waals surface area (Å²) in [6, 6.07) is 1.15. The SMILES string of the molecule is CCCC(CCOC(=O)c1c(Cl)c(Cl)cc(Cl)c1OC(=O)C(=O)O)C1CC1. The molecule has 1 unspecified atom stereocenters. The summed E-state index contributed by atoms with van der Waals surface area (Å²) in [5.74, 6) is -3.66. The standard InChI is InChI=1S/C18H19Cl3O6/c1-2-3-9(10-4-5-10)6-7-26-17(24)13-14(21)11(19)8-12(20)15(13)27-18(25)16(22)23/h8-10H,2-7H2,1H3,(H,22,23). The van der Waals surface area contributed by atoms with Gasteiger partial charge in [0, 0.05) is 0 Å². The molecule has 1 aromatic carbocycles. The molecule has 1 fully saturated rings. The monoisotopic (exact) mass is 436 g/mol. The van der Waals surface area contributed by atoms with Crippen molar-refractivity contribution in [3.05, 3.63) is 26.7 Å². The number of aliphatic carboxylic acids is 1. The van der Waals surface area contributed by atoms with Crippen molar-refractivity contribution < 1.29 is 29.0 Å². The highest BCUT2D eigenvalue weighted by molar-refractivity contribution is 6.46. The molecule has 0 saturated heterocycles. The van der Waals surface area contributed by atoms with Gasteiger partial charge in [-0.2, -0.15) is 0 Å². The Kier molecular flexibility index (Phi) is 7.77. The van der Waals surface area contributed by atoms with Crippen LogP contribution in [-0.4, -0.2) is 29.6 Å². The van der Waals surface area contributed by atoms with E-state index in [-0.39, 0.29) is 27.2 Å². The van der Waals surface area contributed by atoms with Crippen molar-refractivity contribution in [2.24, 2.45) is 11.8 Å². The summed E-state index contributed by atoms with van der Waals surface area (Å²) in [5, 5.41) is 8.20. The molecule has 0 aromatic heterocycles. The van der Waals surface area contributed by atoms with Crippen LogP contribution >= 0.6 is 34.8 Å². The van der Waals surface area contributed by atoms with E-state index in [0.29, 0.717) is 18.3 Å². The molecule has 27 heavy (non-hydrogen) atoms. The summed E-state index contributed by atoms with van der Waals surface area (Å²) in [6.45, 7) is 2.27.